The molecule has 0 spiro atoms. The lowest BCUT2D eigenvalue weighted by Gasteiger charge is -2.05. The molecule has 8 heteroatoms. The molecule has 0 aromatic heterocycles. The normalized spacial score (nSPS) is 12.0. The SMILES string of the molecule is C/C(Cc1ccccc1)=N\NS(=O)(=O)c1ccc([N+](=O)[O-])cc1. The Hall–Kier alpha value is -2.74. The molecule has 2 aromatic rings. The maximum atomic E-state index is 12.1. The summed E-state index contributed by atoms with van der Waals surface area (Å²) in [7, 11) is -3.85. The molecule has 0 saturated carbocycles. The average Bonchev–Trinajstić information content (AvgIpc) is 2.54. The number of rotatable bonds is 6. The van der Waals surface area contributed by atoms with E-state index in [0.29, 0.717) is 12.1 Å². The second-order valence-electron chi connectivity index (χ2n) is 4.86. The van der Waals surface area contributed by atoms with Gasteiger partial charge in [-0.3, -0.25) is 10.1 Å². The van der Waals surface area contributed by atoms with E-state index >= 15 is 0 Å². The fraction of sp³-hybridized carbons (Fsp3) is 0.133. The summed E-state index contributed by atoms with van der Waals surface area (Å²) >= 11 is 0. The standard InChI is InChI=1S/C15H15N3O4S/c1-12(11-13-5-3-2-4-6-13)16-17-23(21,22)15-9-7-14(8-10-15)18(19)20/h2-10,17H,11H2,1H3/b16-12+. The molecular formula is C15H15N3O4S. The molecule has 2 rings (SSSR count). The van der Waals surface area contributed by atoms with Crippen LogP contribution in [0.1, 0.15) is 12.5 Å². The van der Waals surface area contributed by atoms with Crippen molar-refractivity contribution >= 4 is 21.4 Å². The molecular weight excluding hydrogens is 318 g/mol. The van der Waals surface area contributed by atoms with Gasteiger partial charge in [0.05, 0.1) is 9.82 Å². The van der Waals surface area contributed by atoms with E-state index in [1.165, 1.54) is 12.1 Å². The van der Waals surface area contributed by atoms with E-state index in [0.717, 1.165) is 17.7 Å². The van der Waals surface area contributed by atoms with Crippen LogP contribution in [0.3, 0.4) is 0 Å². The molecule has 0 unspecified atom stereocenters. The van der Waals surface area contributed by atoms with Crippen LogP contribution in [-0.4, -0.2) is 19.1 Å². The second-order valence-corrected chi connectivity index (χ2v) is 6.52. The lowest BCUT2D eigenvalue weighted by Crippen LogP contribution is -2.20. The number of nitro groups is 1. The molecule has 23 heavy (non-hydrogen) atoms. The van der Waals surface area contributed by atoms with Crippen LogP contribution in [0.15, 0.2) is 64.6 Å². The van der Waals surface area contributed by atoms with E-state index in [2.05, 4.69) is 9.93 Å². The highest BCUT2D eigenvalue weighted by Gasteiger charge is 2.15. The van der Waals surface area contributed by atoms with E-state index in [1.807, 2.05) is 30.3 Å². The van der Waals surface area contributed by atoms with Crippen LogP contribution in [0.5, 0.6) is 0 Å². The van der Waals surface area contributed by atoms with Crippen LogP contribution >= 0.6 is 0 Å². The van der Waals surface area contributed by atoms with Crippen LogP contribution in [0.4, 0.5) is 5.69 Å². The predicted molar refractivity (Wildman–Crippen MR) is 86.7 cm³/mol. The summed E-state index contributed by atoms with van der Waals surface area (Å²) in [5.41, 5.74) is 1.44. The van der Waals surface area contributed by atoms with Crippen molar-refractivity contribution in [2.24, 2.45) is 5.10 Å². The first-order valence-electron chi connectivity index (χ1n) is 6.72. The van der Waals surface area contributed by atoms with E-state index in [4.69, 9.17) is 0 Å². The number of benzene rings is 2. The second kappa shape index (κ2) is 7.01. The summed E-state index contributed by atoms with van der Waals surface area (Å²) in [5, 5.41) is 14.4. The maximum Gasteiger partial charge on any atom is 0.276 e. The van der Waals surface area contributed by atoms with Gasteiger partial charge in [0.15, 0.2) is 0 Å². The lowest BCUT2D eigenvalue weighted by atomic mass is 10.1. The van der Waals surface area contributed by atoms with Gasteiger partial charge >= 0.3 is 0 Å². The summed E-state index contributed by atoms with van der Waals surface area (Å²) in [4.78, 5) is 12.0. The Balaban J connectivity index is 2.08. The first-order chi connectivity index (χ1) is 10.9. The molecule has 0 heterocycles. The Morgan fingerprint density at radius 2 is 1.74 bits per heavy atom. The van der Waals surface area contributed by atoms with Gasteiger partial charge in [0.25, 0.3) is 15.7 Å². The monoisotopic (exact) mass is 333 g/mol. The van der Waals surface area contributed by atoms with Crippen LogP contribution < -0.4 is 4.83 Å². The highest BCUT2D eigenvalue weighted by molar-refractivity contribution is 7.89. The largest absolute Gasteiger partial charge is 0.276 e. The van der Waals surface area contributed by atoms with Crippen molar-refractivity contribution in [2.45, 2.75) is 18.2 Å². The van der Waals surface area contributed by atoms with Crippen LogP contribution in [0, 0.1) is 10.1 Å². The number of nitro benzene ring substituents is 1. The van der Waals surface area contributed by atoms with Gasteiger partial charge in [-0.25, -0.2) is 4.83 Å². The topological polar surface area (TPSA) is 102 Å². The van der Waals surface area contributed by atoms with Crippen molar-refractivity contribution in [1.29, 1.82) is 0 Å². The van der Waals surface area contributed by atoms with Gasteiger partial charge in [0.1, 0.15) is 0 Å². The van der Waals surface area contributed by atoms with Crippen LogP contribution in [0.25, 0.3) is 0 Å². The predicted octanol–water partition coefficient (Wildman–Crippen LogP) is 2.49. The molecule has 0 aliphatic carbocycles. The highest BCUT2D eigenvalue weighted by atomic mass is 32.2. The minimum atomic E-state index is -3.85. The first kappa shape index (κ1) is 16.6. The number of hydrogen-bond acceptors (Lipinski definition) is 5. The third-order valence-corrected chi connectivity index (χ3v) is 4.24. The molecule has 0 aliphatic rings. The number of sulfonamides is 1. The fourth-order valence-corrected chi connectivity index (χ4v) is 2.74. The number of hydrogen-bond donors (Lipinski definition) is 1. The molecule has 120 valence electrons. The molecule has 7 nitrogen and oxygen atoms in total. The third-order valence-electron chi connectivity index (χ3n) is 3.02. The molecule has 0 radical (unpaired) electrons. The van der Waals surface area contributed by atoms with E-state index < -0.39 is 14.9 Å². The lowest BCUT2D eigenvalue weighted by molar-refractivity contribution is -0.384. The Bertz CT molecular complexity index is 816. The molecule has 0 atom stereocenters. The fourth-order valence-electron chi connectivity index (χ4n) is 1.87. The maximum absolute atomic E-state index is 12.1. The van der Waals surface area contributed by atoms with Crippen molar-refractivity contribution in [3.63, 3.8) is 0 Å². The van der Waals surface area contributed by atoms with Gasteiger partial charge in [-0.2, -0.15) is 13.5 Å². The summed E-state index contributed by atoms with van der Waals surface area (Å²) in [5.74, 6) is 0. The van der Waals surface area contributed by atoms with Gasteiger partial charge in [-0.05, 0) is 24.6 Å². The van der Waals surface area contributed by atoms with Crippen LogP contribution in [-0.2, 0) is 16.4 Å². The van der Waals surface area contributed by atoms with Gasteiger partial charge in [-0.15, -0.1) is 0 Å². The molecule has 2 aromatic carbocycles. The summed E-state index contributed by atoms with van der Waals surface area (Å²) in [6.45, 7) is 1.71. The molecule has 0 bridgehead atoms. The molecule has 0 fully saturated rings. The summed E-state index contributed by atoms with van der Waals surface area (Å²) in [6, 6.07) is 14.1. The third kappa shape index (κ3) is 4.62. The number of hydrazone groups is 1. The zero-order valence-corrected chi connectivity index (χ0v) is 13.2. The Morgan fingerprint density at radius 3 is 2.30 bits per heavy atom. The van der Waals surface area contributed by atoms with E-state index in [1.54, 1.807) is 6.92 Å². The smallest absolute Gasteiger partial charge is 0.258 e. The van der Waals surface area contributed by atoms with Crippen molar-refractivity contribution in [3.8, 4) is 0 Å². The van der Waals surface area contributed by atoms with Crippen molar-refractivity contribution < 1.29 is 13.3 Å². The van der Waals surface area contributed by atoms with E-state index in [-0.39, 0.29) is 10.6 Å². The first-order valence-corrected chi connectivity index (χ1v) is 8.20. The quantitative estimate of drug-likeness (QED) is 0.498. The van der Waals surface area contributed by atoms with Crippen molar-refractivity contribution in [3.05, 3.63) is 70.3 Å². The number of nitrogens with one attached hydrogen (secondary N) is 1. The zero-order valence-electron chi connectivity index (χ0n) is 12.3. The Labute approximate surface area is 133 Å². The van der Waals surface area contributed by atoms with Crippen molar-refractivity contribution in [2.75, 3.05) is 0 Å². The highest BCUT2D eigenvalue weighted by Crippen LogP contribution is 2.15. The number of nitrogens with zero attached hydrogens (tertiary/aromatic N) is 2. The molecule has 0 saturated heterocycles. The molecule has 1 N–H and O–H groups in total. The van der Waals surface area contributed by atoms with Gasteiger partial charge in [-0.1, -0.05) is 30.3 Å². The Kier molecular flexibility index (Phi) is 5.07. The molecule has 0 amide bonds. The summed E-state index contributed by atoms with van der Waals surface area (Å²) in [6.07, 6.45) is 0.517. The van der Waals surface area contributed by atoms with Gasteiger partial charge in [0, 0.05) is 24.3 Å². The van der Waals surface area contributed by atoms with Gasteiger partial charge in [0.2, 0.25) is 0 Å². The minimum Gasteiger partial charge on any atom is -0.258 e. The summed E-state index contributed by atoms with van der Waals surface area (Å²) < 4.78 is 24.2. The number of non-ortho nitro benzene ring substituents is 1. The minimum absolute atomic E-state index is 0.0839. The Morgan fingerprint density at radius 1 is 1.13 bits per heavy atom. The van der Waals surface area contributed by atoms with E-state index in [9.17, 15) is 18.5 Å². The average molecular weight is 333 g/mol. The van der Waals surface area contributed by atoms with Crippen molar-refractivity contribution in [1.82, 2.24) is 4.83 Å². The van der Waals surface area contributed by atoms with Crippen LogP contribution in [0.2, 0.25) is 0 Å². The molecule has 0 aliphatic heterocycles. The zero-order chi connectivity index (χ0) is 16.9. The van der Waals surface area contributed by atoms with Gasteiger partial charge < -0.3 is 0 Å².